The van der Waals surface area contributed by atoms with E-state index in [9.17, 15) is 0 Å². The number of pyridine rings is 2. The molecule has 0 aromatic carbocycles. The number of hydrogen-bond donors (Lipinski definition) is 2. The number of nitrogen functional groups attached to an aromatic ring is 2. The number of nitrogens with zero attached hydrogens (tertiary/aromatic N) is 2. The van der Waals surface area contributed by atoms with Crippen molar-refractivity contribution in [2.24, 2.45) is 0 Å². The van der Waals surface area contributed by atoms with E-state index in [-0.39, 0.29) is 18.3 Å². The lowest BCUT2D eigenvalue weighted by molar-refractivity contribution is 0.00578. The largest absolute Gasteiger partial charge is 0.496 e. The van der Waals surface area contributed by atoms with Crippen LogP contribution in [0.4, 0.5) is 11.6 Å². The quantitative estimate of drug-likeness (QED) is 0.723. The van der Waals surface area contributed by atoms with Crippen LogP contribution in [0, 0.1) is 0 Å². The van der Waals surface area contributed by atoms with Gasteiger partial charge in [-0.25, -0.2) is 9.97 Å². The zero-order chi connectivity index (χ0) is 18.0. The standard InChI is InChI=1S/C11H17BN2O2.C5H5BrN2/c1-10(2)11(3,4)16-12(15-10)8-5-6-9(13)14-7-8;6-4-1-2-5(7)8-3-4/h5-7H,1-4H3,(H2,13,14);1-3H,(H2,7,8). The Labute approximate surface area is 151 Å². The Morgan fingerprint density at radius 1 is 0.875 bits per heavy atom. The maximum absolute atomic E-state index is 5.89. The molecule has 8 heteroatoms. The van der Waals surface area contributed by atoms with Crippen LogP contribution >= 0.6 is 15.9 Å². The fourth-order valence-corrected chi connectivity index (χ4v) is 2.16. The molecule has 24 heavy (non-hydrogen) atoms. The second-order valence-electron chi connectivity index (χ2n) is 6.51. The van der Waals surface area contributed by atoms with E-state index in [2.05, 4.69) is 25.9 Å². The van der Waals surface area contributed by atoms with Gasteiger partial charge in [-0.1, -0.05) is 6.07 Å². The second-order valence-corrected chi connectivity index (χ2v) is 7.42. The van der Waals surface area contributed by atoms with Gasteiger partial charge in [0.05, 0.1) is 11.2 Å². The molecule has 4 N–H and O–H groups in total. The first kappa shape index (κ1) is 18.7. The van der Waals surface area contributed by atoms with Crippen molar-refractivity contribution in [3.8, 4) is 0 Å². The maximum Gasteiger partial charge on any atom is 0.496 e. The molecule has 0 aliphatic carbocycles. The molecule has 0 saturated carbocycles. The van der Waals surface area contributed by atoms with Gasteiger partial charge >= 0.3 is 7.12 Å². The highest BCUT2D eigenvalue weighted by Gasteiger charge is 2.51. The zero-order valence-corrected chi connectivity index (χ0v) is 15.9. The first-order valence-electron chi connectivity index (χ1n) is 7.55. The molecule has 1 aliphatic rings. The van der Waals surface area contributed by atoms with Gasteiger partial charge < -0.3 is 20.8 Å². The van der Waals surface area contributed by atoms with Crippen LogP contribution in [-0.2, 0) is 9.31 Å². The molecule has 6 nitrogen and oxygen atoms in total. The molecule has 128 valence electrons. The molecule has 1 saturated heterocycles. The van der Waals surface area contributed by atoms with Crippen LogP contribution < -0.4 is 16.9 Å². The Bertz CT molecular complexity index is 640. The molecule has 3 heterocycles. The minimum absolute atomic E-state index is 0.320. The molecule has 0 bridgehead atoms. The Balaban J connectivity index is 0.000000219. The van der Waals surface area contributed by atoms with E-state index in [0.29, 0.717) is 11.6 Å². The predicted octanol–water partition coefficient (Wildman–Crippen LogP) is 2.39. The molecule has 0 atom stereocenters. The first-order valence-corrected chi connectivity index (χ1v) is 8.34. The minimum atomic E-state index is -0.363. The highest BCUT2D eigenvalue weighted by Crippen LogP contribution is 2.36. The van der Waals surface area contributed by atoms with Crippen molar-refractivity contribution >= 4 is 40.1 Å². The van der Waals surface area contributed by atoms with Crippen LogP contribution in [0.25, 0.3) is 0 Å². The van der Waals surface area contributed by atoms with E-state index >= 15 is 0 Å². The maximum atomic E-state index is 5.89. The lowest BCUT2D eigenvalue weighted by Crippen LogP contribution is -2.41. The average molecular weight is 393 g/mol. The van der Waals surface area contributed by atoms with E-state index in [4.69, 9.17) is 20.8 Å². The molecule has 2 aromatic rings. The Morgan fingerprint density at radius 2 is 1.38 bits per heavy atom. The summed E-state index contributed by atoms with van der Waals surface area (Å²) in [5, 5.41) is 0. The van der Waals surface area contributed by atoms with E-state index in [1.54, 1.807) is 24.5 Å². The molecule has 2 aromatic heterocycles. The Hall–Kier alpha value is -1.64. The third-order valence-corrected chi connectivity index (χ3v) is 4.55. The number of anilines is 2. The van der Waals surface area contributed by atoms with Crippen molar-refractivity contribution in [3.63, 3.8) is 0 Å². The number of hydrogen-bond acceptors (Lipinski definition) is 6. The molecule has 1 aliphatic heterocycles. The molecule has 0 amide bonds. The highest BCUT2D eigenvalue weighted by molar-refractivity contribution is 9.10. The second kappa shape index (κ2) is 7.08. The van der Waals surface area contributed by atoms with Crippen molar-refractivity contribution in [3.05, 3.63) is 41.1 Å². The van der Waals surface area contributed by atoms with E-state index in [0.717, 1.165) is 9.94 Å². The topological polar surface area (TPSA) is 96.3 Å². The van der Waals surface area contributed by atoms with Gasteiger partial charge in [-0.15, -0.1) is 0 Å². The summed E-state index contributed by atoms with van der Waals surface area (Å²) >= 11 is 3.23. The van der Waals surface area contributed by atoms with Crippen LogP contribution in [0.2, 0.25) is 0 Å². The summed E-state index contributed by atoms with van der Waals surface area (Å²) < 4.78 is 12.7. The molecule has 0 radical (unpaired) electrons. The molecule has 0 spiro atoms. The SMILES string of the molecule is CC1(C)OB(c2ccc(N)nc2)OC1(C)C.Nc1ccc(Br)cn1. The molecule has 0 unspecified atom stereocenters. The van der Waals surface area contributed by atoms with Gasteiger partial charge in [0.2, 0.25) is 0 Å². The fourth-order valence-electron chi connectivity index (χ4n) is 1.92. The van der Waals surface area contributed by atoms with Crippen molar-refractivity contribution in [1.29, 1.82) is 0 Å². The summed E-state index contributed by atoms with van der Waals surface area (Å²) in [5.41, 5.74) is 11.1. The van der Waals surface area contributed by atoms with Crippen LogP contribution in [0.15, 0.2) is 41.1 Å². The number of aromatic nitrogens is 2. The van der Waals surface area contributed by atoms with Gasteiger partial charge in [0.25, 0.3) is 0 Å². The van der Waals surface area contributed by atoms with Gasteiger partial charge in [0.15, 0.2) is 0 Å². The predicted molar refractivity (Wildman–Crippen MR) is 101 cm³/mol. The highest BCUT2D eigenvalue weighted by atomic mass is 79.9. The minimum Gasteiger partial charge on any atom is -0.399 e. The summed E-state index contributed by atoms with van der Waals surface area (Å²) in [5.74, 6) is 1.05. The molecular formula is C16H22BBrN4O2. The fraction of sp³-hybridized carbons (Fsp3) is 0.375. The van der Waals surface area contributed by atoms with Crippen molar-refractivity contribution in [2.75, 3.05) is 11.5 Å². The average Bonchev–Trinajstić information content (AvgIpc) is 2.72. The summed E-state index contributed by atoms with van der Waals surface area (Å²) in [4.78, 5) is 7.85. The summed E-state index contributed by atoms with van der Waals surface area (Å²) in [6.45, 7) is 8.10. The third-order valence-electron chi connectivity index (χ3n) is 4.08. The summed E-state index contributed by atoms with van der Waals surface area (Å²) in [7, 11) is -0.363. The summed E-state index contributed by atoms with van der Waals surface area (Å²) in [6.07, 6.45) is 3.35. The van der Waals surface area contributed by atoms with Crippen molar-refractivity contribution in [1.82, 2.24) is 9.97 Å². The van der Waals surface area contributed by atoms with E-state index < -0.39 is 0 Å². The number of nitrogens with two attached hydrogens (primary N) is 2. The van der Waals surface area contributed by atoms with Crippen LogP contribution in [0.5, 0.6) is 0 Å². The summed E-state index contributed by atoms with van der Waals surface area (Å²) in [6, 6.07) is 7.22. The van der Waals surface area contributed by atoms with Crippen molar-refractivity contribution in [2.45, 2.75) is 38.9 Å². The van der Waals surface area contributed by atoms with Crippen molar-refractivity contribution < 1.29 is 9.31 Å². The number of halogens is 1. The Kier molecular flexibility index (Phi) is 5.52. The van der Waals surface area contributed by atoms with Crippen LogP contribution in [0.3, 0.4) is 0 Å². The molecule has 1 fully saturated rings. The van der Waals surface area contributed by atoms with Gasteiger partial charge in [-0.3, -0.25) is 0 Å². The van der Waals surface area contributed by atoms with E-state index in [1.807, 2.05) is 39.8 Å². The van der Waals surface area contributed by atoms with Gasteiger partial charge in [0, 0.05) is 22.3 Å². The molecular weight excluding hydrogens is 371 g/mol. The van der Waals surface area contributed by atoms with Gasteiger partial charge in [-0.2, -0.15) is 0 Å². The number of rotatable bonds is 1. The Morgan fingerprint density at radius 3 is 1.75 bits per heavy atom. The van der Waals surface area contributed by atoms with Crippen LogP contribution in [0.1, 0.15) is 27.7 Å². The molecule has 3 rings (SSSR count). The van der Waals surface area contributed by atoms with E-state index in [1.165, 1.54) is 0 Å². The lowest BCUT2D eigenvalue weighted by Gasteiger charge is -2.32. The third kappa shape index (κ3) is 4.46. The van der Waals surface area contributed by atoms with Gasteiger partial charge in [-0.05, 0) is 61.8 Å². The monoisotopic (exact) mass is 392 g/mol. The zero-order valence-electron chi connectivity index (χ0n) is 14.3. The normalized spacial score (nSPS) is 18.0. The lowest BCUT2D eigenvalue weighted by atomic mass is 9.80. The first-order chi connectivity index (χ1) is 11.1. The van der Waals surface area contributed by atoms with Gasteiger partial charge in [0.1, 0.15) is 11.6 Å². The van der Waals surface area contributed by atoms with Crippen LogP contribution in [-0.4, -0.2) is 28.3 Å². The smallest absolute Gasteiger partial charge is 0.399 e.